The van der Waals surface area contributed by atoms with E-state index in [0.717, 1.165) is 16.7 Å². The lowest BCUT2D eigenvalue weighted by molar-refractivity contribution is -0.139. The zero-order chi connectivity index (χ0) is 27.4. The normalized spacial score (nSPS) is 14.2. The highest BCUT2D eigenvalue weighted by Crippen LogP contribution is 2.41. The van der Waals surface area contributed by atoms with Crippen LogP contribution < -0.4 is 14.8 Å². The van der Waals surface area contributed by atoms with Gasteiger partial charge in [-0.05, 0) is 72.0 Å². The molecule has 1 unspecified atom stereocenters. The van der Waals surface area contributed by atoms with E-state index in [-0.39, 0.29) is 10.9 Å². The maximum Gasteiger partial charge on any atom is 0.311 e. The summed E-state index contributed by atoms with van der Waals surface area (Å²) >= 11 is 12.4. The van der Waals surface area contributed by atoms with Crippen LogP contribution in [0, 0.1) is 0 Å². The summed E-state index contributed by atoms with van der Waals surface area (Å²) in [6.45, 7) is 0.783. The highest BCUT2D eigenvalue weighted by molar-refractivity contribution is 6.32. The fourth-order valence-electron chi connectivity index (χ4n) is 4.59. The van der Waals surface area contributed by atoms with E-state index in [1.54, 1.807) is 36.4 Å². The minimum Gasteiger partial charge on any atom is -0.493 e. The Morgan fingerprint density at radius 3 is 2.46 bits per heavy atom. The molecule has 0 saturated carbocycles. The molecule has 8 heteroatoms. The molecule has 0 spiro atoms. The lowest BCUT2D eigenvalue weighted by Crippen LogP contribution is -2.25. The van der Waals surface area contributed by atoms with Gasteiger partial charge >= 0.3 is 5.97 Å². The molecule has 4 aromatic rings. The molecule has 1 heterocycles. The Balaban J connectivity index is 1.20. The average Bonchev–Trinajstić information content (AvgIpc) is 2.94. The van der Waals surface area contributed by atoms with Gasteiger partial charge in [0.05, 0.1) is 17.5 Å². The molecule has 5 rings (SSSR count). The highest BCUT2D eigenvalue weighted by atomic mass is 35.5. The van der Waals surface area contributed by atoms with Crippen molar-refractivity contribution in [3.8, 4) is 28.4 Å². The Bertz CT molecular complexity index is 1500. The Hall–Kier alpha value is -4.00. The van der Waals surface area contributed by atoms with Gasteiger partial charge in [0.2, 0.25) is 0 Å². The minimum atomic E-state index is -0.913. The maximum atomic E-state index is 12.7. The quantitative estimate of drug-likeness (QED) is 0.234. The molecule has 0 aliphatic carbocycles. The number of aliphatic carboxylic acids is 1. The van der Waals surface area contributed by atoms with Gasteiger partial charge in [-0.15, -0.1) is 0 Å². The first kappa shape index (κ1) is 26.6. The van der Waals surface area contributed by atoms with Crippen molar-refractivity contribution in [1.82, 2.24) is 5.32 Å². The predicted octanol–water partition coefficient (Wildman–Crippen LogP) is 7.38. The molecule has 1 aliphatic heterocycles. The van der Waals surface area contributed by atoms with Gasteiger partial charge in [-0.3, -0.25) is 9.59 Å². The van der Waals surface area contributed by atoms with E-state index in [0.29, 0.717) is 59.4 Å². The molecule has 0 bridgehead atoms. The van der Waals surface area contributed by atoms with Crippen molar-refractivity contribution in [2.45, 2.75) is 18.8 Å². The Morgan fingerprint density at radius 2 is 1.72 bits per heavy atom. The van der Waals surface area contributed by atoms with E-state index in [4.69, 9.17) is 32.7 Å². The van der Waals surface area contributed by atoms with Gasteiger partial charge in [0.25, 0.3) is 5.91 Å². The van der Waals surface area contributed by atoms with Crippen LogP contribution in [0.5, 0.6) is 17.2 Å². The molecular formula is C31H25Cl2NO5. The summed E-state index contributed by atoms with van der Waals surface area (Å²) in [6, 6.07) is 25.7. The molecule has 0 radical (unpaired) electrons. The molecule has 6 nitrogen and oxygen atoms in total. The summed E-state index contributed by atoms with van der Waals surface area (Å²) in [4.78, 5) is 24.3. The van der Waals surface area contributed by atoms with Gasteiger partial charge in [-0.2, -0.15) is 0 Å². The third-order valence-corrected chi connectivity index (χ3v) is 7.15. The van der Waals surface area contributed by atoms with Crippen molar-refractivity contribution in [2.75, 3.05) is 13.2 Å². The number of carbonyl (C=O) groups excluding carboxylic acids is 1. The molecular weight excluding hydrogens is 537 g/mol. The SMILES string of the molecule is O=C(NCCc1ccccc1-c1ccc(Cl)cc1)c1ccc(Oc2cc3c(cc2Cl)C(C(=O)O)CCO3)cc1. The number of ether oxygens (including phenoxy) is 2. The summed E-state index contributed by atoms with van der Waals surface area (Å²) in [6.07, 6.45) is 1.06. The topological polar surface area (TPSA) is 84.9 Å². The van der Waals surface area contributed by atoms with Crippen LogP contribution in [0.4, 0.5) is 0 Å². The lowest BCUT2D eigenvalue weighted by atomic mass is 9.93. The monoisotopic (exact) mass is 561 g/mol. The number of hydrogen-bond acceptors (Lipinski definition) is 4. The van der Waals surface area contributed by atoms with E-state index in [2.05, 4.69) is 17.4 Å². The number of hydrogen-bond donors (Lipinski definition) is 2. The number of carbonyl (C=O) groups is 2. The molecule has 0 aromatic heterocycles. The summed E-state index contributed by atoms with van der Waals surface area (Å²) < 4.78 is 11.5. The fourth-order valence-corrected chi connectivity index (χ4v) is 4.92. The van der Waals surface area contributed by atoms with Crippen molar-refractivity contribution >= 4 is 35.1 Å². The number of carboxylic acids is 1. The van der Waals surface area contributed by atoms with Crippen LogP contribution in [-0.2, 0) is 11.2 Å². The minimum absolute atomic E-state index is 0.189. The molecule has 39 heavy (non-hydrogen) atoms. The molecule has 1 amide bonds. The van der Waals surface area contributed by atoms with Crippen LogP contribution in [0.25, 0.3) is 11.1 Å². The van der Waals surface area contributed by atoms with Crippen LogP contribution in [0.2, 0.25) is 10.0 Å². The van der Waals surface area contributed by atoms with Gasteiger partial charge in [0.15, 0.2) is 0 Å². The first-order chi connectivity index (χ1) is 18.9. The second-order valence-corrected chi connectivity index (χ2v) is 9.99. The summed E-state index contributed by atoms with van der Waals surface area (Å²) in [7, 11) is 0. The van der Waals surface area contributed by atoms with E-state index in [1.165, 1.54) is 0 Å². The molecule has 198 valence electrons. The smallest absolute Gasteiger partial charge is 0.311 e. The summed E-state index contributed by atoms with van der Waals surface area (Å²) in [5.41, 5.74) is 4.34. The van der Waals surface area contributed by atoms with Crippen LogP contribution in [0.3, 0.4) is 0 Å². The first-order valence-electron chi connectivity index (χ1n) is 12.5. The Labute approximate surface area is 236 Å². The third kappa shape index (κ3) is 6.19. The van der Waals surface area contributed by atoms with Crippen LogP contribution in [0.15, 0.2) is 84.9 Å². The van der Waals surface area contributed by atoms with Crippen molar-refractivity contribution in [1.29, 1.82) is 0 Å². The van der Waals surface area contributed by atoms with Crippen molar-refractivity contribution in [3.63, 3.8) is 0 Å². The number of fused-ring (bicyclic) bond motifs is 1. The van der Waals surface area contributed by atoms with Gasteiger partial charge in [-0.1, -0.05) is 59.6 Å². The zero-order valence-electron chi connectivity index (χ0n) is 20.8. The maximum absolute atomic E-state index is 12.7. The number of benzene rings is 4. The van der Waals surface area contributed by atoms with E-state index >= 15 is 0 Å². The van der Waals surface area contributed by atoms with E-state index in [9.17, 15) is 14.7 Å². The van der Waals surface area contributed by atoms with Gasteiger partial charge in [0, 0.05) is 28.8 Å². The number of carboxylic acid groups (broad SMARTS) is 1. The Kier molecular flexibility index (Phi) is 8.05. The number of rotatable bonds is 8. The van der Waals surface area contributed by atoms with E-state index < -0.39 is 11.9 Å². The van der Waals surface area contributed by atoms with E-state index in [1.807, 2.05) is 36.4 Å². The summed E-state index contributed by atoms with van der Waals surface area (Å²) in [5.74, 6) is -0.492. The second-order valence-electron chi connectivity index (χ2n) is 9.14. The van der Waals surface area contributed by atoms with Crippen molar-refractivity contribution < 1.29 is 24.2 Å². The Morgan fingerprint density at radius 1 is 0.974 bits per heavy atom. The highest BCUT2D eigenvalue weighted by Gasteiger charge is 2.29. The summed E-state index contributed by atoms with van der Waals surface area (Å²) in [5, 5.41) is 13.4. The number of halogens is 2. The lowest BCUT2D eigenvalue weighted by Gasteiger charge is -2.24. The van der Waals surface area contributed by atoms with Crippen molar-refractivity contribution in [2.24, 2.45) is 0 Å². The van der Waals surface area contributed by atoms with Gasteiger partial charge in [-0.25, -0.2) is 0 Å². The van der Waals surface area contributed by atoms with Crippen molar-refractivity contribution in [3.05, 3.63) is 112 Å². The predicted molar refractivity (Wildman–Crippen MR) is 151 cm³/mol. The van der Waals surface area contributed by atoms with Gasteiger partial charge in [0.1, 0.15) is 17.2 Å². The standard InChI is InChI=1S/C31H25Cl2NO5/c32-22-9-5-20(6-10-22)24-4-2-1-3-19(24)13-15-34-30(35)21-7-11-23(12-8-21)39-29-18-28-26(17-27(29)33)25(31(36)37)14-16-38-28/h1-12,17-18,25H,13-16H2,(H,34,35)(H,36,37). The molecule has 0 saturated heterocycles. The fraction of sp³-hybridized carbons (Fsp3) is 0.161. The second kappa shape index (κ2) is 11.8. The molecule has 4 aromatic carbocycles. The van der Waals surface area contributed by atoms with Crippen LogP contribution >= 0.6 is 23.2 Å². The number of amides is 1. The molecule has 2 N–H and O–H groups in total. The largest absolute Gasteiger partial charge is 0.493 e. The van der Waals surface area contributed by atoms with Crippen LogP contribution in [0.1, 0.15) is 33.8 Å². The third-order valence-electron chi connectivity index (χ3n) is 6.60. The molecule has 1 atom stereocenters. The molecule has 0 fully saturated rings. The molecule has 1 aliphatic rings. The average molecular weight is 562 g/mol. The zero-order valence-corrected chi connectivity index (χ0v) is 22.3. The number of nitrogens with one attached hydrogen (secondary N) is 1. The van der Waals surface area contributed by atoms with Gasteiger partial charge < -0.3 is 19.9 Å². The van der Waals surface area contributed by atoms with Crippen LogP contribution in [-0.4, -0.2) is 30.1 Å². The first-order valence-corrected chi connectivity index (χ1v) is 13.2.